The van der Waals surface area contributed by atoms with Crippen molar-refractivity contribution in [1.82, 2.24) is 19.6 Å². The molecule has 5 heteroatoms. The summed E-state index contributed by atoms with van der Waals surface area (Å²) in [5.74, 6) is 0.699. The molecule has 4 rings (SSSR count). The maximum atomic E-state index is 4.64. The molecule has 0 saturated carbocycles. The van der Waals surface area contributed by atoms with Crippen LogP contribution in [0.2, 0.25) is 0 Å². The Hall–Kier alpha value is -2.27. The molecule has 4 aromatic rings. The minimum atomic E-state index is 0.699. The van der Waals surface area contributed by atoms with E-state index < -0.39 is 0 Å². The van der Waals surface area contributed by atoms with Crippen LogP contribution in [0.1, 0.15) is 0 Å². The van der Waals surface area contributed by atoms with E-state index in [0.717, 1.165) is 26.6 Å². The van der Waals surface area contributed by atoms with Crippen LogP contribution in [0.4, 0.5) is 0 Å². The molecule has 0 spiro atoms. The highest BCUT2D eigenvalue weighted by Crippen LogP contribution is 2.23. The van der Waals surface area contributed by atoms with Gasteiger partial charge >= 0.3 is 0 Å². The van der Waals surface area contributed by atoms with Gasteiger partial charge in [-0.3, -0.25) is 0 Å². The van der Waals surface area contributed by atoms with Crippen molar-refractivity contribution < 1.29 is 0 Å². The van der Waals surface area contributed by atoms with Gasteiger partial charge in [-0.2, -0.15) is 0 Å². The monoisotopic (exact) mass is 324 g/mol. The highest BCUT2D eigenvalue weighted by atomic mass is 79.9. The zero-order valence-electron chi connectivity index (χ0n) is 10.4. The second-order valence-corrected chi connectivity index (χ2v) is 5.39. The molecule has 4 nitrogen and oxygen atoms in total. The predicted molar refractivity (Wildman–Crippen MR) is 81.4 cm³/mol. The molecule has 0 atom stereocenters. The largest absolute Gasteiger partial charge is 0.236 e. The molecular weight excluding hydrogens is 316 g/mol. The Morgan fingerprint density at radius 2 is 1.90 bits per heavy atom. The predicted octanol–water partition coefficient (Wildman–Crippen LogP) is 3.71. The maximum Gasteiger partial charge on any atom is 0.182 e. The Balaban J connectivity index is 2.01. The molecule has 20 heavy (non-hydrogen) atoms. The highest BCUT2D eigenvalue weighted by molar-refractivity contribution is 9.10. The zero-order valence-corrected chi connectivity index (χ0v) is 11.9. The second kappa shape index (κ2) is 4.38. The highest BCUT2D eigenvalue weighted by Gasteiger charge is 2.09. The first-order valence-corrected chi connectivity index (χ1v) is 6.97. The van der Waals surface area contributed by atoms with Crippen LogP contribution in [0.3, 0.4) is 0 Å². The fourth-order valence-corrected chi connectivity index (χ4v) is 2.63. The number of hydrogen-bond acceptors (Lipinski definition) is 3. The van der Waals surface area contributed by atoms with Crippen molar-refractivity contribution in [3.63, 3.8) is 0 Å². The fourth-order valence-electron chi connectivity index (χ4n) is 2.23. The lowest BCUT2D eigenvalue weighted by atomic mass is 10.2. The van der Waals surface area contributed by atoms with Gasteiger partial charge in [-0.05, 0) is 24.3 Å². The van der Waals surface area contributed by atoms with Gasteiger partial charge in [0.1, 0.15) is 6.33 Å². The first-order chi connectivity index (χ1) is 9.81. The minimum Gasteiger partial charge on any atom is -0.236 e. The van der Waals surface area contributed by atoms with Gasteiger partial charge in [0.15, 0.2) is 11.5 Å². The molecule has 2 aromatic carbocycles. The lowest BCUT2D eigenvalue weighted by Crippen LogP contribution is -1.90. The molecule has 0 aliphatic carbocycles. The first kappa shape index (κ1) is 11.5. The van der Waals surface area contributed by atoms with Crippen LogP contribution in [0.5, 0.6) is 0 Å². The average molecular weight is 325 g/mol. The van der Waals surface area contributed by atoms with Crippen LogP contribution in [-0.4, -0.2) is 19.6 Å². The van der Waals surface area contributed by atoms with Gasteiger partial charge in [-0.25, -0.2) is 14.5 Å². The number of fused-ring (bicyclic) bond motifs is 3. The van der Waals surface area contributed by atoms with Crippen LogP contribution in [0.15, 0.2) is 59.3 Å². The number of halogens is 1. The van der Waals surface area contributed by atoms with E-state index in [9.17, 15) is 0 Å². The molecule has 0 unspecified atom stereocenters. The minimum absolute atomic E-state index is 0.699. The van der Waals surface area contributed by atoms with Crippen molar-refractivity contribution in [2.24, 2.45) is 0 Å². The van der Waals surface area contributed by atoms with Gasteiger partial charge in [0.2, 0.25) is 0 Å². The van der Waals surface area contributed by atoms with Crippen molar-refractivity contribution in [2.75, 3.05) is 0 Å². The molecular formula is C15H9BrN4. The summed E-state index contributed by atoms with van der Waals surface area (Å²) in [5.41, 5.74) is 2.73. The summed E-state index contributed by atoms with van der Waals surface area (Å²) in [6.07, 6.45) is 1.70. The van der Waals surface area contributed by atoms with E-state index in [2.05, 4.69) is 31.0 Å². The van der Waals surface area contributed by atoms with Crippen molar-refractivity contribution in [3.05, 3.63) is 59.3 Å². The van der Waals surface area contributed by atoms with Crippen LogP contribution in [0, 0.1) is 0 Å². The molecule has 0 aliphatic rings. The maximum absolute atomic E-state index is 4.64. The average Bonchev–Trinajstić information content (AvgIpc) is 2.92. The van der Waals surface area contributed by atoms with E-state index in [1.165, 1.54) is 0 Å². The standard InChI is InChI=1S/C15H9BrN4/c16-11-5-3-4-10(8-11)14-18-15-12-6-1-2-7-13(12)17-9-20(15)19-14/h1-9H. The molecule has 0 saturated heterocycles. The quantitative estimate of drug-likeness (QED) is 0.536. The molecule has 0 N–H and O–H groups in total. The van der Waals surface area contributed by atoms with Crippen molar-refractivity contribution >= 4 is 32.5 Å². The third-order valence-corrected chi connectivity index (χ3v) is 3.66. The first-order valence-electron chi connectivity index (χ1n) is 6.17. The number of rotatable bonds is 1. The van der Waals surface area contributed by atoms with E-state index in [1.807, 2.05) is 48.5 Å². The Morgan fingerprint density at radius 3 is 2.80 bits per heavy atom. The molecule has 96 valence electrons. The lowest BCUT2D eigenvalue weighted by molar-refractivity contribution is 0.938. The summed E-state index contributed by atoms with van der Waals surface area (Å²) in [6.45, 7) is 0. The summed E-state index contributed by atoms with van der Waals surface area (Å²) in [6, 6.07) is 15.9. The van der Waals surface area contributed by atoms with Gasteiger partial charge in [0.25, 0.3) is 0 Å². The van der Waals surface area contributed by atoms with E-state index >= 15 is 0 Å². The van der Waals surface area contributed by atoms with Crippen LogP contribution < -0.4 is 0 Å². The molecule has 0 fully saturated rings. The molecule has 0 aliphatic heterocycles. The summed E-state index contributed by atoms with van der Waals surface area (Å²) < 4.78 is 2.73. The van der Waals surface area contributed by atoms with Crippen molar-refractivity contribution in [2.45, 2.75) is 0 Å². The molecule has 0 bridgehead atoms. The summed E-state index contributed by atoms with van der Waals surface area (Å²) in [5, 5.41) is 5.50. The second-order valence-electron chi connectivity index (χ2n) is 4.48. The summed E-state index contributed by atoms with van der Waals surface area (Å²) >= 11 is 3.47. The SMILES string of the molecule is Brc1cccc(-c2nc3c4ccccc4ncn3n2)c1. The molecule has 2 heterocycles. The van der Waals surface area contributed by atoms with Crippen LogP contribution >= 0.6 is 15.9 Å². The van der Waals surface area contributed by atoms with E-state index in [1.54, 1.807) is 10.8 Å². The fraction of sp³-hybridized carbons (Fsp3) is 0. The number of para-hydroxylation sites is 1. The number of benzene rings is 2. The van der Waals surface area contributed by atoms with Gasteiger partial charge in [0.05, 0.1) is 5.52 Å². The van der Waals surface area contributed by atoms with Gasteiger partial charge in [-0.1, -0.05) is 40.2 Å². The normalized spacial score (nSPS) is 11.2. The Kier molecular flexibility index (Phi) is 2.53. The van der Waals surface area contributed by atoms with Crippen molar-refractivity contribution in [1.29, 1.82) is 0 Å². The molecule has 2 aromatic heterocycles. The topological polar surface area (TPSA) is 43.1 Å². The zero-order chi connectivity index (χ0) is 13.5. The lowest BCUT2D eigenvalue weighted by Gasteiger charge is -1.96. The van der Waals surface area contributed by atoms with E-state index in [4.69, 9.17) is 0 Å². The third kappa shape index (κ3) is 1.78. The Morgan fingerprint density at radius 1 is 1.00 bits per heavy atom. The van der Waals surface area contributed by atoms with Gasteiger partial charge < -0.3 is 0 Å². The third-order valence-electron chi connectivity index (χ3n) is 3.17. The van der Waals surface area contributed by atoms with E-state index in [0.29, 0.717) is 5.82 Å². The Labute approximate surface area is 123 Å². The van der Waals surface area contributed by atoms with Crippen LogP contribution in [0.25, 0.3) is 27.9 Å². The number of aromatic nitrogens is 4. The van der Waals surface area contributed by atoms with Gasteiger partial charge in [-0.15, -0.1) is 5.10 Å². The smallest absolute Gasteiger partial charge is 0.182 e. The molecule has 0 radical (unpaired) electrons. The number of hydrogen-bond donors (Lipinski definition) is 0. The van der Waals surface area contributed by atoms with Crippen LogP contribution in [-0.2, 0) is 0 Å². The van der Waals surface area contributed by atoms with Gasteiger partial charge in [0, 0.05) is 15.4 Å². The number of nitrogens with zero attached hydrogens (tertiary/aromatic N) is 4. The summed E-state index contributed by atoms with van der Waals surface area (Å²) in [4.78, 5) is 9.03. The Bertz CT molecular complexity index is 929. The summed E-state index contributed by atoms with van der Waals surface area (Å²) in [7, 11) is 0. The molecule has 0 amide bonds. The van der Waals surface area contributed by atoms with E-state index in [-0.39, 0.29) is 0 Å². The van der Waals surface area contributed by atoms with Crippen molar-refractivity contribution in [3.8, 4) is 11.4 Å².